The number of carbonyl (C=O) groups excluding carboxylic acids is 2. The number of benzene rings is 1. The number of aliphatic hydroxyl groups excluding tert-OH is 3. The van der Waals surface area contributed by atoms with Gasteiger partial charge in [0.2, 0.25) is 12.2 Å². The Morgan fingerprint density at radius 2 is 1.79 bits per heavy atom. The molecule has 0 saturated carbocycles. The highest BCUT2D eigenvalue weighted by Gasteiger charge is 2.48. The van der Waals surface area contributed by atoms with Crippen LogP contribution in [0.1, 0.15) is 19.4 Å². The van der Waals surface area contributed by atoms with Crippen molar-refractivity contribution in [3.63, 3.8) is 0 Å². The second-order valence-electron chi connectivity index (χ2n) is 6.14. The molecule has 2 rings (SSSR count). The van der Waals surface area contributed by atoms with Crippen molar-refractivity contribution in [3.8, 4) is 5.75 Å². The van der Waals surface area contributed by atoms with Crippen LogP contribution >= 0.6 is 0 Å². The molecule has 0 bridgehead atoms. The fourth-order valence-electron chi connectivity index (χ4n) is 2.52. The molecule has 154 valence electrons. The predicted octanol–water partition coefficient (Wildman–Crippen LogP) is -1.02. The predicted molar refractivity (Wildman–Crippen MR) is 91.2 cm³/mol. The van der Waals surface area contributed by atoms with Gasteiger partial charge in [0.15, 0.2) is 6.10 Å². The van der Waals surface area contributed by atoms with Gasteiger partial charge in [0.1, 0.15) is 30.7 Å². The van der Waals surface area contributed by atoms with Crippen LogP contribution in [-0.2, 0) is 30.5 Å². The number of carboxylic acid groups (broad SMARTS) is 1. The van der Waals surface area contributed by atoms with E-state index < -0.39 is 48.6 Å². The molecule has 1 aliphatic rings. The molecule has 5 atom stereocenters. The molecule has 28 heavy (non-hydrogen) atoms. The molecular weight excluding hydrogens is 378 g/mol. The van der Waals surface area contributed by atoms with Gasteiger partial charge in [0.05, 0.1) is 5.69 Å². The highest BCUT2D eigenvalue weighted by atomic mass is 16.7. The molecule has 0 aromatic heterocycles. The Morgan fingerprint density at radius 1 is 1.11 bits per heavy atom. The third kappa shape index (κ3) is 5.16. The van der Waals surface area contributed by atoms with E-state index in [0.29, 0.717) is 5.56 Å². The Bertz CT molecular complexity index is 751. The Hall–Kier alpha value is -2.73. The molecule has 1 unspecified atom stereocenters. The minimum atomic E-state index is -1.85. The number of amides is 1. The largest absolute Gasteiger partial charge is 0.479 e. The maximum Gasteiger partial charge on any atom is 0.335 e. The molecule has 1 heterocycles. The molecule has 0 radical (unpaired) electrons. The van der Waals surface area contributed by atoms with Gasteiger partial charge < -0.3 is 40.0 Å². The summed E-state index contributed by atoms with van der Waals surface area (Å²) in [6.45, 7) is 2.43. The number of nitrogens with one attached hydrogen (secondary N) is 1. The summed E-state index contributed by atoms with van der Waals surface area (Å²) in [4.78, 5) is 33.6. The van der Waals surface area contributed by atoms with Gasteiger partial charge in [-0.1, -0.05) is 6.07 Å². The summed E-state index contributed by atoms with van der Waals surface area (Å²) >= 11 is 0. The van der Waals surface area contributed by atoms with Crippen molar-refractivity contribution in [1.82, 2.24) is 0 Å². The van der Waals surface area contributed by atoms with Crippen molar-refractivity contribution in [2.24, 2.45) is 0 Å². The van der Waals surface area contributed by atoms with Crippen molar-refractivity contribution in [2.75, 3.05) is 5.32 Å². The number of carbonyl (C=O) groups is 3. The zero-order valence-electron chi connectivity index (χ0n) is 15.1. The number of hydrogen-bond donors (Lipinski definition) is 5. The van der Waals surface area contributed by atoms with Crippen LogP contribution in [0.4, 0.5) is 5.69 Å². The lowest BCUT2D eigenvalue weighted by Gasteiger charge is -2.38. The van der Waals surface area contributed by atoms with E-state index in [1.165, 1.54) is 32.0 Å². The minimum absolute atomic E-state index is 0.00134. The fourth-order valence-corrected chi connectivity index (χ4v) is 2.52. The highest BCUT2D eigenvalue weighted by Crippen LogP contribution is 2.31. The van der Waals surface area contributed by atoms with Gasteiger partial charge in [0.25, 0.3) is 0 Å². The maximum atomic E-state index is 11.5. The van der Waals surface area contributed by atoms with Crippen LogP contribution in [0.5, 0.6) is 5.75 Å². The highest BCUT2D eigenvalue weighted by molar-refractivity contribution is 5.90. The SMILES string of the molecule is CC(=O)Nc1cc(COC(C)=O)ccc1O[C@@H]1O[C@H](C(=O)O)C(O)[C@H](O)[C@H]1O. The van der Waals surface area contributed by atoms with E-state index >= 15 is 0 Å². The summed E-state index contributed by atoms with van der Waals surface area (Å²) in [5.74, 6) is -2.49. The Morgan fingerprint density at radius 3 is 2.36 bits per heavy atom. The average Bonchev–Trinajstić information content (AvgIpc) is 2.61. The van der Waals surface area contributed by atoms with Gasteiger partial charge >= 0.3 is 11.9 Å². The van der Waals surface area contributed by atoms with Gasteiger partial charge in [-0.05, 0) is 17.7 Å². The lowest BCUT2D eigenvalue weighted by molar-refractivity contribution is -0.271. The molecule has 0 spiro atoms. The normalized spacial score (nSPS) is 27.0. The van der Waals surface area contributed by atoms with Crippen LogP contribution in [0.25, 0.3) is 0 Å². The average molecular weight is 399 g/mol. The summed E-state index contributed by atoms with van der Waals surface area (Å²) in [6.07, 6.45) is -8.89. The maximum absolute atomic E-state index is 11.5. The lowest BCUT2D eigenvalue weighted by Crippen LogP contribution is -2.61. The number of aliphatic hydroxyl groups is 3. The number of rotatable bonds is 6. The monoisotopic (exact) mass is 399 g/mol. The van der Waals surface area contributed by atoms with E-state index in [4.69, 9.17) is 19.3 Å². The zero-order valence-corrected chi connectivity index (χ0v) is 15.1. The van der Waals surface area contributed by atoms with Gasteiger partial charge in [-0.3, -0.25) is 9.59 Å². The second kappa shape index (κ2) is 8.97. The van der Waals surface area contributed by atoms with E-state index in [0.717, 1.165) is 0 Å². The molecule has 11 heteroatoms. The number of esters is 1. The third-order valence-corrected chi connectivity index (χ3v) is 3.85. The number of anilines is 1. The van der Waals surface area contributed by atoms with E-state index in [1.54, 1.807) is 0 Å². The molecule has 1 amide bonds. The van der Waals surface area contributed by atoms with Gasteiger partial charge in [0, 0.05) is 13.8 Å². The first-order chi connectivity index (χ1) is 13.1. The summed E-state index contributed by atoms with van der Waals surface area (Å²) in [6, 6.07) is 4.35. The van der Waals surface area contributed by atoms with Crippen molar-refractivity contribution < 1.29 is 49.0 Å². The smallest absolute Gasteiger partial charge is 0.335 e. The second-order valence-corrected chi connectivity index (χ2v) is 6.14. The van der Waals surface area contributed by atoms with Crippen LogP contribution in [0, 0.1) is 0 Å². The Labute approximate surface area is 159 Å². The van der Waals surface area contributed by atoms with Crippen molar-refractivity contribution in [3.05, 3.63) is 23.8 Å². The van der Waals surface area contributed by atoms with E-state index in [1.807, 2.05) is 0 Å². The molecule has 1 saturated heterocycles. The summed E-state index contributed by atoms with van der Waals surface area (Å²) in [5.41, 5.74) is 0.663. The van der Waals surface area contributed by atoms with Crippen LogP contribution in [0.15, 0.2) is 18.2 Å². The van der Waals surface area contributed by atoms with Crippen molar-refractivity contribution in [1.29, 1.82) is 0 Å². The molecule has 1 fully saturated rings. The van der Waals surface area contributed by atoms with Crippen molar-refractivity contribution >= 4 is 23.5 Å². The zero-order chi connectivity index (χ0) is 21.0. The van der Waals surface area contributed by atoms with Gasteiger partial charge in [-0.2, -0.15) is 0 Å². The number of hydrogen-bond acceptors (Lipinski definition) is 9. The standard InChI is InChI=1S/C17H21NO10/c1-7(19)18-10-5-9(6-26-8(2)20)3-4-11(10)27-17-14(23)12(21)13(22)15(28-17)16(24)25/h3-5,12-15,17,21-23H,6H2,1-2H3,(H,18,19)(H,24,25)/t12-,13?,14+,15-,17+/m0/s1. The molecule has 0 aliphatic carbocycles. The lowest BCUT2D eigenvalue weighted by atomic mass is 9.99. The molecular formula is C17H21NO10. The van der Waals surface area contributed by atoms with E-state index in [2.05, 4.69) is 5.32 Å². The minimum Gasteiger partial charge on any atom is -0.479 e. The van der Waals surface area contributed by atoms with Crippen LogP contribution in [-0.4, -0.2) is 69.0 Å². The summed E-state index contributed by atoms with van der Waals surface area (Å²) in [5, 5.41) is 41.2. The molecule has 1 aliphatic heterocycles. The van der Waals surface area contributed by atoms with Crippen LogP contribution in [0.2, 0.25) is 0 Å². The molecule has 1 aromatic carbocycles. The topological polar surface area (TPSA) is 172 Å². The summed E-state index contributed by atoms with van der Waals surface area (Å²) in [7, 11) is 0. The van der Waals surface area contributed by atoms with E-state index in [9.17, 15) is 29.7 Å². The van der Waals surface area contributed by atoms with E-state index in [-0.39, 0.29) is 18.0 Å². The Kier molecular flexibility index (Phi) is 6.91. The number of carboxylic acids is 1. The Balaban J connectivity index is 2.26. The summed E-state index contributed by atoms with van der Waals surface area (Å²) < 4.78 is 15.4. The first-order valence-electron chi connectivity index (χ1n) is 8.23. The fraction of sp³-hybridized carbons (Fsp3) is 0.471. The number of ether oxygens (including phenoxy) is 3. The number of aliphatic carboxylic acids is 1. The van der Waals surface area contributed by atoms with Crippen LogP contribution in [0.3, 0.4) is 0 Å². The van der Waals surface area contributed by atoms with Gasteiger partial charge in [-0.25, -0.2) is 4.79 Å². The third-order valence-electron chi connectivity index (χ3n) is 3.85. The molecule has 11 nitrogen and oxygen atoms in total. The van der Waals surface area contributed by atoms with Gasteiger partial charge in [-0.15, -0.1) is 0 Å². The molecule has 5 N–H and O–H groups in total. The quantitative estimate of drug-likeness (QED) is 0.373. The first-order valence-corrected chi connectivity index (χ1v) is 8.23. The van der Waals surface area contributed by atoms with Crippen molar-refractivity contribution in [2.45, 2.75) is 51.2 Å². The van der Waals surface area contributed by atoms with Crippen LogP contribution < -0.4 is 10.1 Å². The molecule has 1 aromatic rings. The first kappa shape index (κ1) is 21.6.